The molecule has 1 aromatic heterocycles. The average molecular weight is 411 g/mol. The number of carbonyl (C=O) groups is 1. The molecule has 1 unspecified atom stereocenters. The number of hydrogen-bond acceptors (Lipinski definition) is 4. The zero-order valence-electron chi connectivity index (χ0n) is 19.2. The van der Waals surface area contributed by atoms with E-state index in [9.17, 15) is 4.79 Å². The lowest BCUT2D eigenvalue weighted by atomic mass is 9.47. The maximum atomic E-state index is 12.1. The van der Waals surface area contributed by atoms with E-state index in [-0.39, 0.29) is 0 Å². The molecule has 0 aliphatic heterocycles. The van der Waals surface area contributed by atoms with Crippen molar-refractivity contribution < 1.29 is 4.79 Å². The van der Waals surface area contributed by atoms with Gasteiger partial charge in [0.25, 0.3) is 0 Å². The van der Waals surface area contributed by atoms with E-state index in [2.05, 4.69) is 42.3 Å². The van der Waals surface area contributed by atoms with Gasteiger partial charge in [-0.15, -0.1) is 10.2 Å². The molecule has 5 nitrogen and oxygen atoms in total. The highest BCUT2D eigenvalue weighted by Crippen LogP contribution is 2.66. The number of fused-ring (bicyclic) bond motifs is 5. The average Bonchev–Trinajstić information content (AvgIpc) is 3.29. The molecule has 0 saturated heterocycles. The predicted molar refractivity (Wildman–Crippen MR) is 116 cm³/mol. The maximum absolute atomic E-state index is 12.1. The molecule has 0 amide bonds. The minimum Gasteiger partial charge on any atom is -0.300 e. The molecular formula is C25H38N4O. The molecule has 0 spiro atoms. The van der Waals surface area contributed by atoms with E-state index in [0.29, 0.717) is 28.4 Å². The van der Waals surface area contributed by atoms with Gasteiger partial charge in [0.2, 0.25) is 0 Å². The summed E-state index contributed by atoms with van der Waals surface area (Å²) in [6.07, 6.45) is 14.0. The molecule has 3 saturated carbocycles. The summed E-state index contributed by atoms with van der Waals surface area (Å²) in [6, 6.07) is 0. The normalized spacial score (nSPS) is 41.6. The number of allylic oxidation sites excluding steroid dienone is 2. The molecule has 4 aliphatic rings. The van der Waals surface area contributed by atoms with Crippen LogP contribution in [0.15, 0.2) is 11.6 Å². The van der Waals surface area contributed by atoms with Crippen LogP contribution in [0.25, 0.3) is 0 Å². The topological polar surface area (TPSA) is 60.7 Å². The monoisotopic (exact) mass is 410 g/mol. The number of rotatable bonds is 4. The number of Topliss-reactive ketones (excluding diaryl/α,β-unsaturated/α-hetero) is 1. The second kappa shape index (κ2) is 7.27. The SMILES string of the molecule is C[C@H](CCc1nnn(C)n1)[C@H]1CC[C@H]2C3=CC[C@H]4CC(=O)CC[C@]4(C)C3CC[C@]12C. The van der Waals surface area contributed by atoms with Crippen LogP contribution in [0.5, 0.6) is 0 Å². The van der Waals surface area contributed by atoms with Crippen molar-refractivity contribution in [3.8, 4) is 0 Å². The molecule has 5 heteroatoms. The highest BCUT2D eigenvalue weighted by Gasteiger charge is 2.58. The Hall–Kier alpha value is -1.52. The molecule has 30 heavy (non-hydrogen) atoms. The van der Waals surface area contributed by atoms with E-state index in [1.165, 1.54) is 25.7 Å². The first kappa shape index (κ1) is 20.4. The third-order valence-corrected chi connectivity index (χ3v) is 10.0. The van der Waals surface area contributed by atoms with Crippen LogP contribution < -0.4 is 0 Å². The van der Waals surface area contributed by atoms with Crippen LogP contribution in [0.2, 0.25) is 0 Å². The van der Waals surface area contributed by atoms with Crippen LogP contribution in [-0.2, 0) is 18.3 Å². The van der Waals surface area contributed by atoms with Gasteiger partial charge in [-0.1, -0.05) is 32.4 Å². The van der Waals surface area contributed by atoms with Gasteiger partial charge in [-0.05, 0) is 90.6 Å². The highest BCUT2D eigenvalue weighted by molar-refractivity contribution is 5.79. The Bertz CT molecular complexity index is 859. The number of hydrogen-bond donors (Lipinski definition) is 0. The zero-order valence-corrected chi connectivity index (χ0v) is 19.2. The van der Waals surface area contributed by atoms with E-state index in [4.69, 9.17) is 0 Å². The molecule has 7 atom stereocenters. The van der Waals surface area contributed by atoms with Gasteiger partial charge in [0.05, 0.1) is 7.05 Å². The van der Waals surface area contributed by atoms with E-state index < -0.39 is 0 Å². The summed E-state index contributed by atoms with van der Waals surface area (Å²) in [5.74, 6) is 4.94. The van der Waals surface area contributed by atoms with E-state index >= 15 is 0 Å². The smallest absolute Gasteiger partial charge is 0.174 e. The summed E-state index contributed by atoms with van der Waals surface area (Å²) in [6.45, 7) is 7.58. The fourth-order valence-corrected chi connectivity index (χ4v) is 8.26. The fraction of sp³-hybridized carbons (Fsp3) is 0.840. The number of nitrogens with zero attached hydrogens (tertiary/aromatic N) is 4. The first-order valence-electron chi connectivity index (χ1n) is 12.3. The maximum Gasteiger partial charge on any atom is 0.174 e. The number of carbonyl (C=O) groups excluding carboxylic acids is 1. The van der Waals surface area contributed by atoms with Crippen LogP contribution in [-0.4, -0.2) is 26.0 Å². The summed E-state index contributed by atoms with van der Waals surface area (Å²) in [7, 11) is 1.84. The third-order valence-electron chi connectivity index (χ3n) is 10.0. The number of ketones is 1. The highest BCUT2D eigenvalue weighted by atomic mass is 16.1. The van der Waals surface area contributed by atoms with Crippen LogP contribution in [0.1, 0.15) is 84.4 Å². The van der Waals surface area contributed by atoms with Crippen molar-refractivity contribution >= 4 is 5.78 Å². The van der Waals surface area contributed by atoms with Crippen LogP contribution in [0.3, 0.4) is 0 Å². The van der Waals surface area contributed by atoms with Gasteiger partial charge in [-0.2, -0.15) is 4.80 Å². The molecule has 0 radical (unpaired) electrons. The second-order valence-corrected chi connectivity index (χ2v) is 11.4. The standard InChI is InChI=1S/C25H38N4O/c1-16(5-10-23-26-28-29(4)27-23)20-8-9-21-19-7-6-17-15-18(30)11-13-24(17,2)22(19)12-14-25(20,21)3/h7,16-17,20-22H,5-6,8-15H2,1-4H3/t16-,17+,20-,21+,22?,24+,25-/m1/s1. The van der Waals surface area contributed by atoms with Crippen LogP contribution >= 0.6 is 0 Å². The molecular weight excluding hydrogens is 372 g/mol. The molecule has 0 aromatic carbocycles. The van der Waals surface area contributed by atoms with E-state index in [1.807, 2.05) is 7.05 Å². The van der Waals surface area contributed by atoms with Crippen molar-refractivity contribution in [3.05, 3.63) is 17.5 Å². The minimum atomic E-state index is 0.362. The molecule has 0 bridgehead atoms. The van der Waals surface area contributed by atoms with Crippen molar-refractivity contribution in [1.82, 2.24) is 20.2 Å². The van der Waals surface area contributed by atoms with E-state index in [1.54, 1.807) is 10.4 Å². The molecule has 1 heterocycles. The summed E-state index contributed by atoms with van der Waals surface area (Å²) in [5.41, 5.74) is 2.59. The van der Waals surface area contributed by atoms with Gasteiger partial charge in [-0.25, -0.2) is 0 Å². The quantitative estimate of drug-likeness (QED) is 0.661. The predicted octanol–water partition coefficient (Wildman–Crippen LogP) is 4.93. The summed E-state index contributed by atoms with van der Waals surface area (Å²) < 4.78 is 0. The number of aryl methyl sites for hydroxylation is 2. The molecule has 1 aromatic rings. The number of tetrazole rings is 1. The van der Waals surface area contributed by atoms with Gasteiger partial charge in [0, 0.05) is 19.3 Å². The first-order valence-corrected chi connectivity index (χ1v) is 12.3. The van der Waals surface area contributed by atoms with Crippen molar-refractivity contribution in [2.45, 2.75) is 85.0 Å². The molecule has 4 aliphatic carbocycles. The van der Waals surface area contributed by atoms with Crippen LogP contribution in [0, 0.1) is 40.4 Å². The van der Waals surface area contributed by atoms with Crippen molar-refractivity contribution in [2.24, 2.45) is 47.5 Å². The summed E-state index contributed by atoms with van der Waals surface area (Å²) >= 11 is 0. The van der Waals surface area contributed by atoms with Gasteiger partial charge in [0.15, 0.2) is 5.82 Å². The lowest BCUT2D eigenvalue weighted by Gasteiger charge is -2.57. The Balaban J connectivity index is 1.33. The Morgan fingerprint density at radius 2 is 1.97 bits per heavy atom. The zero-order chi connectivity index (χ0) is 21.1. The third kappa shape index (κ3) is 3.10. The largest absolute Gasteiger partial charge is 0.300 e. The Kier molecular flexibility index (Phi) is 4.94. The number of aromatic nitrogens is 4. The fourth-order valence-electron chi connectivity index (χ4n) is 8.26. The van der Waals surface area contributed by atoms with Crippen molar-refractivity contribution in [1.29, 1.82) is 0 Å². The lowest BCUT2D eigenvalue weighted by molar-refractivity contribution is -0.127. The molecule has 3 fully saturated rings. The van der Waals surface area contributed by atoms with Crippen LogP contribution in [0.4, 0.5) is 0 Å². The molecule has 5 rings (SSSR count). The van der Waals surface area contributed by atoms with Crippen molar-refractivity contribution in [2.75, 3.05) is 0 Å². The van der Waals surface area contributed by atoms with Gasteiger partial charge < -0.3 is 0 Å². The molecule has 164 valence electrons. The Morgan fingerprint density at radius 3 is 2.73 bits per heavy atom. The van der Waals surface area contributed by atoms with Gasteiger partial charge in [-0.3, -0.25) is 4.79 Å². The van der Waals surface area contributed by atoms with Gasteiger partial charge in [0.1, 0.15) is 5.78 Å². The Morgan fingerprint density at radius 1 is 1.17 bits per heavy atom. The van der Waals surface area contributed by atoms with Gasteiger partial charge >= 0.3 is 0 Å². The lowest BCUT2D eigenvalue weighted by Crippen LogP contribution is -2.49. The molecule has 0 N–H and O–H groups in total. The first-order chi connectivity index (χ1) is 14.3. The summed E-state index contributed by atoms with van der Waals surface area (Å²) in [5, 5.41) is 12.5. The van der Waals surface area contributed by atoms with E-state index in [0.717, 1.165) is 62.1 Å². The second-order valence-electron chi connectivity index (χ2n) is 11.4. The van der Waals surface area contributed by atoms with Crippen molar-refractivity contribution in [3.63, 3.8) is 0 Å². The Labute approximate surface area is 181 Å². The minimum absolute atomic E-state index is 0.362. The summed E-state index contributed by atoms with van der Waals surface area (Å²) in [4.78, 5) is 13.7.